The number of aromatic nitrogens is 4. The van der Waals surface area contributed by atoms with Crippen LogP contribution in [-0.2, 0) is 23.2 Å². The molecule has 0 aromatic carbocycles. The first-order chi connectivity index (χ1) is 15.9. The lowest BCUT2D eigenvalue weighted by Gasteiger charge is -2.26. The molecule has 2 aromatic rings. The van der Waals surface area contributed by atoms with Crippen molar-refractivity contribution in [3.63, 3.8) is 0 Å². The van der Waals surface area contributed by atoms with Gasteiger partial charge in [-0.2, -0.15) is 5.10 Å². The molecular weight excluding hydrogens is 426 g/mol. The number of carboxylic acid groups (broad SMARTS) is 1. The molecule has 2 fully saturated rings. The van der Waals surface area contributed by atoms with E-state index in [1.54, 1.807) is 36.1 Å². The molecule has 2 aromatic heterocycles. The van der Waals surface area contributed by atoms with E-state index in [1.165, 1.54) is 6.20 Å². The normalized spacial score (nSPS) is 21.0. The number of carbonyl (C=O) groups excluding carboxylic acids is 1. The van der Waals surface area contributed by atoms with Gasteiger partial charge in [-0.1, -0.05) is 12.8 Å². The number of nitrogens with zero attached hydrogens (tertiary/aromatic N) is 5. The number of rotatable bonds is 7. The van der Waals surface area contributed by atoms with Gasteiger partial charge in [0.1, 0.15) is 12.7 Å². The van der Waals surface area contributed by atoms with Gasteiger partial charge >= 0.3 is 12.1 Å². The van der Waals surface area contributed by atoms with Gasteiger partial charge in [0, 0.05) is 25.7 Å². The second-order valence-corrected chi connectivity index (χ2v) is 8.91. The zero-order valence-electron chi connectivity index (χ0n) is 19.1. The van der Waals surface area contributed by atoms with Gasteiger partial charge in [0.15, 0.2) is 0 Å². The van der Waals surface area contributed by atoms with Gasteiger partial charge < -0.3 is 19.5 Å². The fraction of sp³-hybridized carbons (Fsp3) is 0.609. The molecule has 0 saturated heterocycles. The molecule has 4 rings (SSSR count). The molecule has 1 amide bonds. The van der Waals surface area contributed by atoms with Gasteiger partial charge in [-0.05, 0) is 38.5 Å². The summed E-state index contributed by atoms with van der Waals surface area (Å²) in [5.41, 5.74) is 2.05. The molecular formula is C23H31N5O5. The summed E-state index contributed by atoms with van der Waals surface area (Å²) in [7, 11) is 3.58. The Morgan fingerprint density at radius 1 is 1.12 bits per heavy atom. The third kappa shape index (κ3) is 5.43. The second kappa shape index (κ2) is 10.2. The molecule has 10 nitrogen and oxygen atoms in total. The van der Waals surface area contributed by atoms with Crippen LogP contribution in [0.4, 0.5) is 4.79 Å². The summed E-state index contributed by atoms with van der Waals surface area (Å²) in [5.74, 6) is -0.779. The second-order valence-electron chi connectivity index (χ2n) is 8.91. The van der Waals surface area contributed by atoms with Gasteiger partial charge in [-0.25, -0.2) is 14.8 Å². The first-order valence-corrected chi connectivity index (χ1v) is 11.5. The van der Waals surface area contributed by atoms with Crippen LogP contribution in [0.2, 0.25) is 0 Å². The molecule has 0 aliphatic heterocycles. The Balaban J connectivity index is 1.38. The summed E-state index contributed by atoms with van der Waals surface area (Å²) in [4.78, 5) is 34.2. The Bertz CT molecular complexity index is 970. The number of ether oxygens (including phenoxy) is 2. The van der Waals surface area contributed by atoms with Crippen molar-refractivity contribution in [3.8, 4) is 17.1 Å². The number of aryl methyl sites for hydroxylation is 1. The van der Waals surface area contributed by atoms with Crippen LogP contribution in [-0.4, -0.2) is 61.0 Å². The summed E-state index contributed by atoms with van der Waals surface area (Å²) < 4.78 is 13.1. The summed E-state index contributed by atoms with van der Waals surface area (Å²) in [6.45, 7) is 0.0836. The molecule has 1 N–H and O–H groups in total. The fourth-order valence-corrected chi connectivity index (χ4v) is 4.68. The molecule has 178 valence electrons. The maximum atomic E-state index is 12.5. The van der Waals surface area contributed by atoms with Crippen LogP contribution in [0.5, 0.6) is 5.88 Å². The van der Waals surface area contributed by atoms with Crippen molar-refractivity contribution in [3.05, 3.63) is 24.3 Å². The minimum Gasteiger partial charge on any atom is -0.481 e. The highest BCUT2D eigenvalue weighted by atomic mass is 16.6. The molecule has 0 radical (unpaired) electrons. The third-order valence-electron chi connectivity index (χ3n) is 6.72. The topological polar surface area (TPSA) is 120 Å². The Labute approximate surface area is 192 Å². The van der Waals surface area contributed by atoms with Crippen molar-refractivity contribution in [2.75, 3.05) is 7.05 Å². The number of hydrogen-bond donors (Lipinski definition) is 1. The van der Waals surface area contributed by atoms with Gasteiger partial charge in [-0.15, -0.1) is 0 Å². The van der Waals surface area contributed by atoms with E-state index in [2.05, 4.69) is 15.1 Å². The molecule has 0 unspecified atom stereocenters. The molecule has 2 atom stereocenters. The van der Waals surface area contributed by atoms with Gasteiger partial charge in [-0.3, -0.25) is 9.48 Å². The van der Waals surface area contributed by atoms with Crippen LogP contribution in [0.25, 0.3) is 11.3 Å². The number of aliphatic carboxylic acids is 1. The van der Waals surface area contributed by atoms with E-state index >= 15 is 0 Å². The van der Waals surface area contributed by atoms with Crippen LogP contribution in [0.3, 0.4) is 0 Å². The van der Waals surface area contributed by atoms with E-state index in [0.717, 1.165) is 49.8 Å². The van der Waals surface area contributed by atoms with Crippen molar-refractivity contribution in [1.29, 1.82) is 0 Å². The van der Waals surface area contributed by atoms with Crippen LogP contribution < -0.4 is 4.74 Å². The number of carboxylic acids is 1. The largest absolute Gasteiger partial charge is 0.481 e. The summed E-state index contributed by atoms with van der Waals surface area (Å²) >= 11 is 0. The fourth-order valence-electron chi connectivity index (χ4n) is 4.68. The zero-order valence-corrected chi connectivity index (χ0v) is 19.1. The van der Waals surface area contributed by atoms with Crippen molar-refractivity contribution >= 4 is 12.1 Å². The molecule has 0 spiro atoms. The highest BCUT2D eigenvalue weighted by molar-refractivity contribution is 5.70. The highest BCUT2D eigenvalue weighted by Crippen LogP contribution is 2.28. The van der Waals surface area contributed by atoms with Gasteiger partial charge in [0.2, 0.25) is 5.88 Å². The first kappa shape index (κ1) is 23.0. The van der Waals surface area contributed by atoms with Crippen molar-refractivity contribution in [2.45, 2.75) is 70.1 Å². The maximum Gasteiger partial charge on any atom is 0.410 e. The van der Waals surface area contributed by atoms with Crippen LogP contribution in [0.1, 0.15) is 57.1 Å². The predicted octanol–water partition coefficient (Wildman–Crippen LogP) is 3.41. The van der Waals surface area contributed by atoms with E-state index in [9.17, 15) is 14.7 Å². The minimum absolute atomic E-state index is 0.0836. The summed E-state index contributed by atoms with van der Waals surface area (Å²) in [5, 5.41) is 13.5. The Morgan fingerprint density at radius 3 is 2.61 bits per heavy atom. The smallest absolute Gasteiger partial charge is 0.410 e. The predicted molar refractivity (Wildman–Crippen MR) is 118 cm³/mol. The minimum atomic E-state index is -0.774. The zero-order chi connectivity index (χ0) is 23.4. The molecule has 0 bridgehead atoms. The van der Waals surface area contributed by atoms with Crippen LogP contribution >= 0.6 is 0 Å². The van der Waals surface area contributed by atoms with Crippen molar-refractivity contribution in [1.82, 2.24) is 24.6 Å². The molecule has 33 heavy (non-hydrogen) atoms. The van der Waals surface area contributed by atoms with Gasteiger partial charge in [0.05, 0.1) is 35.9 Å². The molecule has 2 aliphatic carbocycles. The lowest BCUT2D eigenvalue weighted by molar-refractivity contribution is -0.143. The van der Waals surface area contributed by atoms with Crippen molar-refractivity contribution < 1.29 is 24.2 Å². The standard InChI is InChI=1S/C23H31N5O5/c1-27(16-7-3-4-8-16)23(31)32-14-20-18(11-26-28(20)2)19-12-25-21(13-24-19)33-17-9-5-6-15(10-17)22(29)30/h11-13,15-17H,3-10,14H2,1-2H3,(H,29,30)/t15-,17-/m0/s1. The average Bonchev–Trinajstić information content (AvgIpc) is 3.48. The Morgan fingerprint density at radius 2 is 1.91 bits per heavy atom. The first-order valence-electron chi connectivity index (χ1n) is 11.5. The maximum absolute atomic E-state index is 12.5. The van der Waals surface area contributed by atoms with E-state index in [4.69, 9.17) is 9.47 Å². The quantitative estimate of drug-likeness (QED) is 0.672. The molecule has 2 saturated carbocycles. The van der Waals surface area contributed by atoms with Gasteiger partial charge in [0.25, 0.3) is 0 Å². The molecule has 2 aliphatic rings. The van der Waals surface area contributed by atoms with Crippen LogP contribution in [0.15, 0.2) is 18.6 Å². The summed E-state index contributed by atoms with van der Waals surface area (Å²) in [6.07, 6.45) is 11.4. The number of carbonyl (C=O) groups is 2. The van der Waals surface area contributed by atoms with E-state index < -0.39 is 5.97 Å². The highest BCUT2D eigenvalue weighted by Gasteiger charge is 2.28. The van der Waals surface area contributed by atoms with Crippen LogP contribution in [0, 0.1) is 5.92 Å². The number of amides is 1. The van der Waals surface area contributed by atoms with E-state index in [0.29, 0.717) is 24.4 Å². The Hall–Kier alpha value is -3.17. The van der Waals surface area contributed by atoms with E-state index in [1.807, 2.05) is 0 Å². The monoisotopic (exact) mass is 457 g/mol. The number of hydrogen-bond acceptors (Lipinski definition) is 7. The lowest BCUT2D eigenvalue weighted by atomic mass is 9.87. The van der Waals surface area contributed by atoms with Crippen molar-refractivity contribution in [2.24, 2.45) is 13.0 Å². The Kier molecular flexibility index (Phi) is 7.10. The lowest BCUT2D eigenvalue weighted by Crippen LogP contribution is -2.35. The molecule has 10 heteroatoms. The van der Waals surface area contributed by atoms with E-state index in [-0.39, 0.29) is 30.8 Å². The SMILES string of the molecule is CN(C(=O)OCc1c(-c2cnc(O[C@H]3CCC[C@H](C(=O)O)C3)cn2)cnn1C)C1CCCC1. The molecule has 2 heterocycles. The third-order valence-corrected chi connectivity index (χ3v) is 6.72. The average molecular weight is 458 g/mol. The summed E-state index contributed by atoms with van der Waals surface area (Å²) in [6, 6.07) is 0.247.